The Kier molecular flexibility index (Phi) is 6.22. The topological polar surface area (TPSA) is 142 Å². The van der Waals surface area contributed by atoms with Crippen LogP contribution in [0.15, 0.2) is 112 Å². The number of benzene rings is 3. The lowest BCUT2D eigenvalue weighted by molar-refractivity contribution is -0.110. The molecule has 0 atom stereocenters. The lowest BCUT2D eigenvalue weighted by Crippen LogP contribution is -2.05. The highest BCUT2D eigenvalue weighted by Gasteiger charge is 2.21. The van der Waals surface area contributed by atoms with Crippen molar-refractivity contribution >= 4 is 38.5 Å². The Hall–Kier alpha value is -4.34. The molecule has 0 saturated carbocycles. The highest BCUT2D eigenvalue weighted by atomic mass is 32.2. The van der Waals surface area contributed by atoms with Gasteiger partial charge in [0.15, 0.2) is 5.78 Å². The van der Waals surface area contributed by atoms with Gasteiger partial charge in [-0.2, -0.15) is 13.5 Å². The smallest absolute Gasteiger partial charge is 0.295 e. The van der Waals surface area contributed by atoms with Crippen molar-refractivity contribution in [2.24, 2.45) is 10.2 Å². The molecule has 34 heavy (non-hydrogen) atoms. The minimum absolute atomic E-state index is 0.136. The average Bonchev–Trinajstić information content (AvgIpc) is 2.81. The fourth-order valence-electron chi connectivity index (χ4n) is 3.41. The number of hydrogen-bond acceptors (Lipinski definition) is 7. The molecule has 4 N–H and O–H groups in total. The number of carbonyl (C=O) groups is 1. The molecule has 0 heterocycles. The van der Waals surface area contributed by atoms with Crippen molar-refractivity contribution in [1.29, 1.82) is 0 Å². The van der Waals surface area contributed by atoms with Gasteiger partial charge in [0, 0.05) is 11.3 Å². The van der Waals surface area contributed by atoms with Gasteiger partial charge in [-0.05, 0) is 71.3 Å². The summed E-state index contributed by atoms with van der Waals surface area (Å²) >= 11 is 0. The van der Waals surface area contributed by atoms with Crippen molar-refractivity contribution in [3.8, 4) is 5.75 Å². The van der Waals surface area contributed by atoms with Gasteiger partial charge < -0.3 is 10.8 Å². The lowest BCUT2D eigenvalue weighted by atomic mass is 9.90. The molecule has 170 valence electrons. The zero-order valence-corrected chi connectivity index (χ0v) is 18.5. The first kappa shape index (κ1) is 22.8. The molecule has 0 bridgehead atoms. The summed E-state index contributed by atoms with van der Waals surface area (Å²) < 4.78 is 34.0. The summed E-state index contributed by atoms with van der Waals surface area (Å²) in [5.41, 5.74) is 8.56. The lowest BCUT2D eigenvalue weighted by Gasteiger charge is -2.16. The van der Waals surface area contributed by atoms with Crippen LogP contribution >= 0.6 is 0 Å². The van der Waals surface area contributed by atoms with Gasteiger partial charge in [-0.1, -0.05) is 36.4 Å². The van der Waals surface area contributed by atoms with Crippen LogP contribution in [0.25, 0.3) is 5.57 Å². The van der Waals surface area contributed by atoms with Gasteiger partial charge in [-0.3, -0.25) is 9.35 Å². The third kappa shape index (κ3) is 5.01. The Labute approximate surface area is 195 Å². The summed E-state index contributed by atoms with van der Waals surface area (Å²) in [7, 11) is -4.55. The van der Waals surface area contributed by atoms with E-state index in [9.17, 15) is 22.9 Å². The van der Waals surface area contributed by atoms with E-state index in [1.807, 2.05) is 0 Å². The molecule has 9 heteroatoms. The Balaban J connectivity index is 1.90. The largest absolute Gasteiger partial charge is 0.506 e. The molecule has 3 aromatic carbocycles. The standard InChI is InChI=1S/C25H19N3O5S/c26-18-8-10-19(11-9-18)27-28-22-15-17(7-14-23(22)30)25(16-5-12-20(29)13-6-16)21-3-1-2-4-24(21)34(31,32)33/h1-15,30H,26H2,(H,31,32,33). The molecule has 3 aromatic rings. The Morgan fingerprint density at radius 1 is 0.853 bits per heavy atom. The van der Waals surface area contributed by atoms with Crippen LogP contribution in [0.2, 0.25) is 0 Å². The Morgan fingerprint density at radius 3 is 2.21 bits per heavy atom. The minimum Gasteiger partial charge on any atom is -0.506 e. The maximum absolute atomic E-state index is 12.1. The summed E-state index contributed by atoms with van der Waals surface area (Å²) in [4.78, 5) is 11.4. The number of aromatic hydroxyl groups is 1. The van der Waals surface area contributed by atoms with E-state index < -0.39 is 10.1 Å². The number of phenolic OH excluding ortho intramolecular Hbond substituents is 1. The fraction of sp³-hybridized carbons (Fsp3) is 0. The van der Waals surface area contributed by atoms with Crippen LogP contribution in [0, 0.1) is 0 Å². The van der Waals surface area contributed by atoms with Crippen LogP contribution in [0.3, 0.4) is 0 Å². The van der Waals surface area contributed by atoms with Crippen molar-refractivity contribution in [1.82, 2.24) is 0 Å². The number of nitrogens with two attached hydrogens (primary N) is 1. The number of phenols is 1. The maximum Gasteiger partial charge on any atom is 0.295 e. The Morgan fingerprint density at radius 2 is 1.53 bits per heavy atom. The number of hydrogen-bond donors (Lipinski definition) is 3. The van der Waals surface area contributed by atoms with Crippen LogP contribution in [0.5, 0.6) is 5.75 Å². The quantitative estimate of drug-likeness (QED) is 0.266. The monoisotopic (exact) mass is 473 g/mol. The molecule has 1 aliphatic rings. The molecule has 0 aliphatic heterocycles. The highest BCUT2D eigenvalue weighted by molar-refractivity contribution is 7.86. The van der Waals surface area contributed by atoms with Gasteiger partial charge in [-0.25, -0.2) is 0 Å². The first-order valence-electron chi connectivity index (χ1n) is 10.0. The van der Waals surface area contributed by atoms with E-state index in [1.54, 1.807) is 54.6 Å². The summed E-state index contributed by atoms with van der Waals surface area (Å²) in [5.74, 6) is -0.352. The third-order valence-corrected chi connectivity index (χ3v) is 5.92. The molecule has 0 fully saturated rings. The normalized spacial score (nSPS) is 13.6. The van der Waals surface area contributed by atoms with Crippen LogP contribution in [0.4, 0.5) is 17.1 Å². The van der Waals surface area contributed by atoms with Gasteiger partial charge in [0.05, 0.1) is 5.69 Å². The van der Waals surface area contributed by atoms with Crippen LogP contribution < -0.4 is 5.73 Å². The summed E-state index contributed by atoms with van der Waals surface area (Å²) in [6, 6.07) is 17.2. The molecule has 8 nitrogen and oxygen atoms in total. The molecule has 0 aromatic heterocycles. The fourth-order valence-corrected chi connectivity index (χ4v) is 4.11. The minimum atomic E-state index is -4.55. The second-order valence-electron chi connectivity index (χ2n) is 7.37. The van der Waals surface area contributed by atoms with E-state index in [0.717, 1.165) is 0 Å². The Bertz CT molecular complexity index is 1480. The number of anilines is 1. The van der Waals surface area contributed by atoms with Crippen molar-refractivity contribution in [3.05, 3.63) is 108 Å². The molecule has 0 spiro atoms. The SMILES string of the molecule is Nc1ccc(N=Nc2cc(C(=C3C=CC(=O)C=C3)c3ccccc3S(=O)(=O)O)ccc2O)cc1. The van der Waals surface area contributed by atoms with E-state index in [-0.39, 0.29) is 27.7 Å². The molecular formula is C25H19N3O5S. The van der Waals surface area contributed by atoms with E-state index in [2.05, 4.69) is 10.2 Å². The van der Waals surface area contributed by atoms with E-state index >= 15 is 0 Å². The van der Waals surface area contributed by atoms with Crippen molar-refractivity contribution in [3.63, 3.8) is 0 Å². The van der Waals surface area contributed by atoms with E-state index in [1.165, 1.54) is 36.4 Å². The second kappa shape index (κ2) is 9.26. The molecule has 0 radical (unpaired) electrons. The van der Waals surface area contributed by atoms with Crippen LogP contribution in [0.1, 0.15) is 11.1 Å². The predicted molar refractivity (Wildman–Crippen MR) is 129 cm³/mol. The number of azo groups is 1. The third-order valence-electron chi connectivity index (χ3n) is 5.01. The first-order chi connectivity index (χ1) is 16.2. The highest BCUT2D eigenvalue weighted by Crippen LogP contribution is 2.38. The van der Waals surface area contributed by atoms with E-state index in [4.69, 9.17) is 5.73 Å². The molecule has 0 amide bonds. The van der Waals surface area contributed by atoms with Crippen molar-refractivity contribution in [2.75, 3.05) is 5.73 Å². The zero-order chi connectivity index (χ0) is 24.3. The van der Waals surface area contributed by atoms with Crippen molar-refractivity contribution < 1.29 is 22.9 Å². The zero-order valence-electron chi connectivity index (χ0n) is 17.7. The summed E-state index contributed by atoms with van der Waals surface area (Å²) in [6.45, 7) is 0. The van der Waals surface area contributed by atoms with Gasteiger partial charge in [-0.15, -0.1) is 5.11 Å². The van der Waals surface area contributed by atoms with E-state index in [0.29, 0.717) is 28.1 Å². The molecule has 4 rings (SSSR count). The molecule has 0 unspecified atom stereocenters. The van der Waals surface area contributed by atoms with Gasteiger partial charge in [0.1, 0.15) is 16.3 Å². The number of allylic oxidation sites excluding steroid dienone is 5. The molecule has 1 aliphatic carbocycles. The van der Waals surface area contributed by atoms with Crippen molar-refractivity contribution in [2.45, 2.75) is 4.90 Å². The second-order valence-corrected chi connectivity index (χ2v) is 8.76. The van der Waals surface area contributed by atoms with Crippen LogP contribution in [-0.2, 0) is 14.9 Å². The predicted octanol–water partition coefficient (Wildman–Crippen LogP) is 5.13. The number of rotatable bonds is 5. The first-order valence-corrected chi connectivity index (χ1v) is 11.5. The van der Waals surface area contributed by atoms with Gasteiger partial charge in [0.2, 0.25) is 0 Å². The summed E-state index contributed by atoms with van der Waals surface area (Å²) in [6.07, 6.45) is 5.82. The number of ketones is 1. The number of carbonyl (C=O) groups excluding carboxylic acids is 1. The molecular weight excluding hydrogens is 454 g/mol. The number of nitrogen functional groups attached to an aromatic ring is 1. The average molecular weight is 474 g/mol. The molecule has 0 saturated heterocycles. The van der Waals surface area contributed by atoms with Gasteiger partial charge >= 0.3 is 0 Å². The van der Waals surface area contributed by atoms with Gasteiger partial charge in [0.25, 0.3) is 10.1 Å². The maximum atomic E-state index is 12.1. The van der Waals surface area contributed by atoms with Crippen LogP contribution in [-0.4, -0.2) is 23.9 Å². The summed E-state index contributed by atoms with van der Waals surface area (Å²) in [5, 5.41) is 18.6. The number of nitrogens with zero attached hydrogens (tertiary/aromatic N) is 2.